The van der Waals surface area contributed by atoms with E-state index in [1.165, 1.54) is 11.3 Å². The van der Waals surface area contributed by atoms with Crippen LogP contribution in [0, 0.1) is 11.3 Å². The van der Waals surface area contributed by atoms with E-state index in [2.05, 4.69) is 41.4 Å². The van der Waals surface area contributed by atoms with Gasteiger partial charge in [-0.25, -0.2) is 4.98 Å². The number of furan rings is 1. The Morgan fingerprint density at radius 2 is 1.68 bits per heavy atom. The van der Waals surface area contributed by atoms with Gasteiger partial charge < -0.3 is 4.42 Å². The number of nitrogens with zero attached hydrogens (tertiary/aromatic N) is 2. The number of fused-ring (bicyclic) bond motifs is 2. The second-order valence-corrected chi connectivity index (χ2v) is 7.28. The van der Waals surface area contributed by atoms with E-state index in [9.17, 15) is 5.26 Å². The molecule has 0 aliphatic carbocycles. The van der Waals surface area contributed by atoms with Crippen LogP contribution >= 0.6 is 11.3 Å². The van der Waals surface area contributed by atoms with Crippen molar-refractivity contribution in [2.75, 3.05) is 0 Å². The van der Waals surface area contributed by atoms with Crippen LogP contribution in [0.25, 0.3) is 44.6 Å². The summed E-state index contributed by atoms with van der Waals surface area (Å²) in [5.74, 6) is 0.704. The van der Waals surface area contributed by atoms with Crippen molar-refractivity contribution in [3.63, 3.8) is 0 Å². The summed E-state index contributed by atoms with van der Waals surface area (Å²) in [4.78, 5) is 4.61. The molecule has 2 heterocycles. The Bertz CT molecular complexity index is 1320. The Morgan fingerprint density at radius 1 is 0.964 bits per heavy atom. The van der Waals surface area contributed by atoms with Gasteiger partial charge in [-0.3, -0.25) is 0 Å². The first-order valence-corrected chi connectivity index (χ1v) is 9.73. The molecule has 0 unspecified atom stereocenters. The predicted molar refractivity (Wildman–Crippen MR) is 115 cm³/mol. The molecule has 0 spiro atoms. The fourth-order valence-electron chi connectivity index (χ4n) is 3.43. The van der Waals surface area contributed by atoms with Crippen molar-refractivity contribution in [1.29, 1.82) is 5.26 Å². The molecule has 0 fully saturated rings. The third-order valence-corrected chi connectivity index (χ3v) is 5.61. The van der Waals surface area contributed by atoms with Crippen LogP contribution in [0.2, 0.25) is 0 Å². The lowest BCUT2D eigenvalue weighted by Gasteiger charge is -2.08. The average Bonchev–Trinajstić information content (AvgIpc) is 3.43. The quantitative estimate of drug-likeness (QED) is 0.257. The van der Waals surface area contributed by atoms with Crippen molar-refractivity contribution in [3.05, 3.63) is 88.9 Å². The lowest BCUT2D eigenvalue weighted by molar-refractivity contribution is 0.580. The van der Waals surface area contributed by atoms with Gasteiger partial charge in [-0.1, -0.05) is 48.5 Å². The number of aromatic nitrogens is 1. The molecule has 132 valence electrons. The van der Waals surface area contributed by atoms with Crippen molar-refractivity contribution < 1.29 is 4.42 Å². The minimum Gasteiger partial charge on any atom is -0.463 e. The molecular weight excluding hydrogens is 364 g/mol. The largest absolute Gasteiger partial charge is 0.463 e. The first kappa shape index (κ1) is 16.5. The number of allylic oxidation sites excluding steroid dienone is 1. The number of hydrogen-bond acceptors (Lipinski definition) is 4. The third kappa shape index (κ3) is 2.79. The van der Waals surface area contributed by atoms with E-state index >= 15 is 0 Å². The minimum absolute atomic E-state index is 0.546. The van der Waals surface area contributed by atoms with Gasteiger partial charge in [0.2, 0.25) is 0 Å². The van der Waals surface area contributed by atoms with Gasteiger partial charge in [0.25, 0.3) is 0 Å². The van der Waals surface area contributed by atoms with E-state index in [0.29, 0.717) is 16.3 Å². The molecule has 28 heavy (non-hydrogen) atoms. The Balaban J connectivity index is 1.72. The Kier molecular flexibility index (Phi) is 4.01. The number of thiazole rings is 1. The molecular formula is C24H14N2OS. The summed E-state index contributed by atoms with van der Waals surface area (Å²) in [6, 6.07) is 24.7. The molecule has 0 atom stereocenters. The van der Waals surface area contributed by atoms with Crippen LogP contribution in [0.1, 0.15) is 10.6 Å². The highest BCUT2D eigenvalue weighted by atomic mass is 32.1. The maximum Gasteiger partial charge on any atom is 0.153 e. The van der Waals surface area contributed by atoms with Gasteiger partial charge in [-0.15, -0.1) is 11.3 Å². The summed E-state index contributed by atoms with van der Waals surface area (Å²) in [5.41, 5.74) is 2.33. The van der Waals surface area contributed by atoms with Crippen LogP contribution in [0.4, 0.5) is 0 Å². The van der Waals surface area contributed by atoms with Crippen LogP contribution < -0.4 is 0 Å². The van der Waals surface area contributed by atoms with Crippen LogP contribution in [-0.4, -0.2) is 4.98 Å². The zero-order valence-electron chi connectivity index (χ0n) is 14.8. The summed E-state index contributed by atoms with van der Waals surface area (Å²) in [5, 5.41) is 17.0. The van der Waals surface area contributed by atoms with Crippen molar-refractivity contribution in [2.45, 2.75) is 0 Å². The Labute approximate surface area is 165 Å². The second kappa shape index (κ2) is 6.80. The number of benzene rings is 3. The molecule has 0 saturated carbocycles. The van der Waals surface area contributed by atoms with E-state index in [-0.39, 0.29) is 0 Å². The van der Waals surface area contributed by atoms with E-state index in [0.717, 1.165) is 32.8 Å². The van der Waals surface area contributed by atoms with Crippen LogP contribution in [0.15, 0.2) is 82.8 Å². The SMILES string of the molecule is N#C/C(=C\c1c2ccccc2cc2ccccc12)c1nc(-c2ccco2)cs1. The van der Waals surface area contributed by atoms with E-state index in [1.54, 1.807) is 6.26 Å². The molecule has 3 aromatic carbocycles. The van der Waals surface area contributed by atoms with Gasteiger partial charge in [-0.05, 0) is 51.4 Å². The first-order valence-electron chi connectivity index (χ1n) is 8.85. The topological polar surface area (TPSA) is 49.8 Å². The van der Waals surface area contributed by atoms with Crippen LogP contribution in [-0.2, 0) is 0 Å². The first-order chi connectivity index (χ1) is 13.8. The van der Waals surface area contributed by atoms with Crippen molar-refractivity contribution in [2.24, 2.45) is 0 Å². The summed E-state index contributed by atoms with van der Waals surface area (Å²) < 4.78 is 5.42. The molecule has 5 rings (SSSR count). The zero-order valence-corrected chi connectivity index (χ0v) is 15.6. The lowest BCUT2D eigenvalue weighted by Crippen LogP contribution is -1.86. The zero-order chi connectivity index (χ0) is 18.9. The highest BCUT2D eigenvalue weighted by Gasteiger charge is 2.13. The number of nitriles is 1. The van der Waals surface area contributed by atoms with Crippen molar-refractivity contribution in [1.82, 2.24) is 4.98 Å². The maximum atomic E-state index is 9.85. The molecule has 4 heteroatoms. The molecule has 0 amide bonds. The Morgan fingerprint density at radius 3 is 2.32 bits per heavy atom. The highest BCUT2D eigenvalue weighted by Crippen LogP contribution is 2.33. The van der Waals surface area contributed by atoms with E-state index < -0.39 is 0 Å². The molecule has 0 saturated heterocycles. The van der Waals surface area contributed by atoms with E-state index in [4.69, 9.17) is 4.42 Å². The summed E-state index contributed by atoms with van der Waals surface area (Å²) in [6.45, 7) is 0. The number of hydrogen-bond donors (Lipinski definition) is 0. The van der Waals surface area contributed by atoms with E-state index in [1.807, 2.05) is 47.9 Å². The smallest absolute Gasteiger partial charge is 0.153 e. The van der Waals surface area contributed by atoms with Gasteiger partial charge in [0.1, 0.15) is 16.8 Å². The lowest BCUT2D eigenvalue weighted by atomic mass is 9.95. The third-order valence-electron chi connectivity index (χ3n) is 4.73. The number of rotatable bonds is 3. The molecule has 2 aromatic heterocycles. The molecule has 0 aliphatic heterocycles. The van der Waals surface area contributed by atoms with Gasteiger partial charge >= 0.3 is 0 Å². The average molecular weight is 378 g/mol. The van der Waals surface area contributed by atoms with Crippen LogP contribution in [0.3, 0.4) is 0 Å². The Hall–Kier alpha value is -3.68. The fourth-order valence-corrected chi connectivity index (χ4v) is 4.20. The standard InChI is InChI=1S/C24H14N2OS/c25-14-18(24-26-22(15-28-24)23-10-5-11-27-23)13-21-19-8-3-1-6-16(19)12-17-7-2-4-9-20(17)21/h1-13,15H/b18-13+. The van der Waals surface area contributed by atoms with Gasteiger partial charge in [0, 0.05) is 5.38 Å². The summed E-state index contributed by atoms with van der Waals surface area (Å²) >= 11 is 1.45. The van der Waals surface area contributed by atoms with Gasteiger partial charge in [-0.2, -0.15) is 5.26 Å². The maximum absolute atomic E-state index is 9.85. The minimum atomic E-state index is 0.546. The van der Waals surface area contributed by atoms with Crippen LogP contribution in [0.5, 0.6) is 0 Å². The molecule has 0 N–H and O–H groups in total. The molecule has 0 aliphatic rings. The monoisotopic (exact) mass is 378 g/mol. The molecule has 5 aromatic rings. The van der Waals surface area contributed by atoms with Crippen molar-refractivity contribution >= 4 is 44.5 Å². The molecule has 0 radical (unpaired) electrons. The fraction of sp³-hybridized carbons (Fsp3) is 0. The normalized spacial score (nSPS) is 11.8. The summed E-state index contributed by atoms with van der Waals surface area (Å²) in [6.07, 6.45) is 3.58. The predicted octanol–water partition coefficient (Wildman–Crippen LogP) is 6.77. The van der Waals surface area contributed by atoms with Gasteiger partial charge in [0.05, 0.1) is 11.8 Å². The van der Waals surface area contributed by atoms with Gasteiger partial charge in [0.15, 0.2) is 5.76 Å². The molecule has 3 nitrogen and oxygen atoms in total. The summed E-state index contributed by atoms with van der Waals surface area (Å²) in [7, 11) is 0. The molecule has 0 bridgehead atoms. The van der Waals surface area contributed by atoms with Crippen molar-refractivity contribution in [3.8, 4) is 17.5 Å². The highest BCUT2D eigenvalue weighted by molar-refractivity contribution is 7.11. The second-order valence-electron chi connectivity index (χ2n) is 6.42.